The molecule has 0 bridgehead atoms. The van der Waals surface area contributed by atoms with E-state index in [1.807, 2.05) is 0 Å². The summed E-state index contributed by atoms with van der Waals surface area (Å²) in [5.41, 5.74) is 12.0. The third-order valence-electron chi connectivity index (χ3n) is 14.3. The molecule has 0 radical (unpaired) electrons. The molecular formula is C42H69N7O6. The largest absolute Gasteiger partial charge is 0.369 e. The maximum absolute atomic E-state index is 14.1. The first-order valence-electron chi connectivity index (χ1n) is 22.2. The number of carbonyl (C=O) groups excluding carboxylic acids is 6. The molecular weight excluding hydrogens is 699 g/mol. The number of amides is 6. The molecule has 6 saturated carbocycles. The summed E-state index contributed by atoms with van der Waals surface area (Å²) in [7, 11) is 0. The van der Waals surface area contributed by atoms with Gasteiger partial charge in [0.25, 0.3) is 0 Å². The minimum absolute atomic E-state index is 0.0297. The standard InChI is InChI=1S/C42H69N7O6/c43-31-19-7-1-13-25(31)38(51)46-33-21-9-3-15-27(33)40(53)48-35-23-11-5-17-29(35)42(55)49-36-24-12-6-18-30(36)41(54)47-34-22-10-4-16-28(34)39(52)45-32-20-8-2-14-26(32)37(44)50/h25-36H,1-24,43H2,(H2,44,50)(H,45,52)(H,46,51)(H,47,54)(H,48,53)(H,49,55)/t25-,26-,27-,28-,29-,30-,31-,32-,33-,34-,35-,36-/m0/s1. The van der Waals surface area contributed by atoms with E-state index in [-0.39, 0.29) is 95.4 Å². The van der Waals surface area contributed by atoms with Crippen LogP contribution in [0.2, 0.25) is 0 Å². The Morgan fingerprint density at radius 1 is 0.309 bits per heavy atom. The van der Waals surface area contributed by atoms with Crippen LogP contribution in [-0.4, -0.2) is 71.7 Å². The van der Waals surface area contributed by atoms with Crippen LogP contribution in [0, 0.1) is 35.5 Å². The predicted octanol–water partition coefficient (Wildman–Crippen LogP) is 3.36. The molecule has 0 saturated heterocycles. The number of nitrogens with two attached hydrogens (primary N) is 2. The molecule has 6 aliphatic carbocycles. The highest BCUT2D eigenvalue weighted by molar-refractivity contribution is 5.87. The number of hydrogen-bond acceptors (Lipinski definition) is 7. The first kappa shape index (κ1) is 41.4. The van der Waals surface area contributed by atoms with Crippen LogP contribution in [0.1, 0.15) is 154 Å². The highest BCUT2D eigenvalue weighted by Crippen LogP contribution is 2.33. The lowest BCUT2D eigenvalue weighted by molar-refractivity contribution is -0.133. The summed E-state index contributed by atoms with van der Waals surface area (Å²) in [6.45, 7) is 0. The van der Waals surface area contributed by atoms with Crippen molar-refractivity contribution in [2.45, 2.75) is 190 Å². The molecule has 308 valence electrons. The van der Waals surface area contributed by atoms with Crippen molar-refractivity contribution in [2.75, 3.05) is 0 Å². The lowest BCUT2D eigenvalue weighted by Crippen LogP contribution is -2.57. The summed E-state index contributed by atoms with van der Waals surface area (Å²) in [4.78, 5) is 80.9. The van der Waals surface area contributed by atoms with Crippen LogP contribution in [0.3, 0.4) is 0 Å². The lowest BCUT2D eigenvalue weighted by atomic mass is 9.79. The van der Waals surface area contributed by atoms with E-state index in [0.29, 0.717) is 51.4 Å². The van der Waals surface area contributed by atoms with Crippen LogP contribution < -0.4 is 38.1 Å². The van der Waals surface area contributed by atoms with Gasteiger partial charge in [0.2, 0.25) is 35.4 Å². The molecule has 13 heteroatoms. The van der Waals surface area contributed by atoms with E-state index < -0.39 is 11.8 Å². The Hall–Kier alpha value is -3.22. The summed E-state index contributed by atoms with van der Waals surface area (Å²) in [5, 5.41) is 16.1. The number of carbonyl (C=O) groups is 6. The van der Waals surface area contributed by atoms with Gasteiger partial charge in [-0.25, -0.2) is 0 Å². The van der Waals surface area contributed by atoms with Crippen molar-refractivity contribution in [3.63, 3.8) is 0 Å². The Morgan fingerprint density at radius 2 is 0.527 bits per heavy atom. The van der Waals surface area contributed by atoms with Gasteiger partial charge in [-0.05, 0) is 77.0 Å². The number of nitrogens with one attached hydrogen (secondary N) is 5. The molecule has 0 aliphatic heterocycles. The van der Waals surface area contributed by atoms with Crippen LogP contribution >= 0.6 is 0 Å². The molecule has 12 atom stereocenters. The van der Waals surface area contributed by atoms with Gasteiger partial charge in [0.1, 0.15) is 0 Å². The van der Waals surface area contributed by atoms with Crippen molar-refractivity contribution in [3.8, 4) is 0 Å². The van der Waals surface area contributed by atoms with Gasteiger partial charge in [-0.1, -0.05) is 77.0 Å². The molecule has 6 amide bonds. The molecule has 6 aliphatic rings. The summed E-state index contributed by atoms with van der Waals surface area (Å²) in [6.07, 6.45) is 19.9. The molecule has 6 fully saturated rings. The zero-order chi connectivity index (χ0) is 38.9. The van der Waals surface area contributed by atoms with E-state index in [1.54, 1.807) is 0 Å². The first-order valence-corrected chi connectivity index (χ1v) is 22.2. The van der Waals surface area contributed by atoms with E-state index in [0.717, 1.165) is 103 Å². The van der Waals surface area contributed by atoms with E-state index >= 15 is 0 Å². The molecule has 9 N–H and O–H groups in total. The van der Waals surface area contributed by atoms with Crippen molar-refractivity contribution < 1.29 is 28.8 Å². The molecule has 6 rings (SSSR count). The molecule has 13 nitrogen and oxygen atoms in total. The van der Waals surface area contributed by atoms with Crippen molar-refractivity contribution in [1.82, 2.24) is 26.6 Å². The van der Waals surface area contributed by atoms with Gasteiger partial charge in [0.15, 0.2) is 0 Å². The Balaban J connectivity index is 1.04. The topological polar surface area (TPSA) is 215 Å². The smallest absolute Gasteiger partial charge is 0.225 e. The van der Waals surface area contributed by atoms with E-state index in [9.17, 15) is 28.8 Å². The van der Waals surface area contributed by atoms with Gasteiger partial charge in [-0.3, -0.25) is 28.8 Å². The fraction of sp³-hybridized carbons (Fsp3) is 0.857. The molecule has 0 spiro atoms. The normalized spacial score (nSPS) is 37.0. The quantitative estimate of drug-likeness (QED) is 0.166. The van der Waals surface area contributed by atoms with Gasteiger partial charge in [0, 0.05) is 36.3 Å². The summed E-state index contributed by atoms with van der Waals surface area (Å²) >= 11 is 0. The zero-order valence-corrected chi connectivity index (χ0v) is 33.0. The summed E-state index contributed by atoms with van der Waals surface area (Å²) in [6, 6.07) is -1.57. The minimum Gasteiger partial charge on any atom is -0.369 e. The molecule has 0 aromatic carbocycles. The monoisotopic (exact) mass is 768 g/mol. The molecule has 0 unspecified atom stereocenters. The average molecular weight is 768 g/mol. The van der Waals surface area contributed by atoms with Crippen LogP contribution in [0.25, 0.3) is 0 Å². The molecule has 0 heterocycles. The Morgan fingerprint density at radius 3 is 0.818 bits per heavy atom. The van der Waals surface area contributed by atoms with Gasteiger partial charge >= 0.3 is 0 Å². The molecule has 0 aromatic heterocycles. The second-order valence-corrected chi connectivity index (χ2v) is 18.0. The maximum Gasteiger partial charge on any atom is 0.225 e. The number of primary amides is 1. The minimum atomic E-state index is -0.401. The zero-order valence-electron chi connectivity index (χ0n) is 33.0. The van der Waals surface area contributed by atoms with Crippen LogP contribution in [0.4, 0.5) is 0 Å². The maximum atomic E-state index is 14.1. The fourth-order valence-electron chi connectivity index (χ4n) is 11.0. The number of rotatable bonds is 11. The van der Waals surface area contributed by atoms with Gasteiger partial charge in [0.05, 0.1) is 35.5 Å². The van der Waals surface area contributed by atoms with Crippen LogP contribution in [0.5, 0.6) is 0 Å². The average Bonchev–Trinajstić information content (AvgIpc) is 3.19. The summed E-state index contributed by atoms with van der Waals surface area (Å²) in [5.74, 6) is -2.90. The summed E-state index contributed by atoms with van der Waals surface area (Å²) < 4.78 is 0. The Kier molecular flexibility index (Phi) is 14.9. The van der Waals surface area contributed by atoms with Crippen LogP contribution in [-0.2, 0) is 28.8 Å². The van der Waals surface area contributed by atoms with Gasteiger partial charge in [-0.2, -0.15) is 0 Å². The van der Waals surface area contributed by atoms with E-state index in [4.69, 9.17) is 11.5 Å². The van der Waals surface area contributed by atoms with Crippen molar-refractivity contribution in [2.24, 2.45) is 47.0 Å². The Labute approximate surface area is 327 Å². The molecule has 0 aromatic rings. The second kappa shape index (κ2) is 19.8. The Bertz CT molecular complexity index is 1380. The number of hydrogen-bond donors (Lipinski definition) is 7. The van der Waals surface area contributed by atoms with Gasteiger partial charge in [-0.15, -0.1) is 0 Å². The van der Waals surface area contributed by atoms with Crippen molar-refractivity contribution in [3.05, 3.63) is 0 Å². The predicted molar refractivity (Wildman–Crippen MR) is 209 cm³/mol. The lowest BCUT2D eigenvalue weighted by Gasteiger charge is -2.39. The molecule has 55 heavy (non-hydrogen) atoms. The fourth-order valence-corrected chi connectivity index (χ4v) is 11.0. The highest BCUT2D eigenvalue weighted by atomic mass is 16.2. The third kappa shape index (κ3) is 10.6. The van der Waals surface area contributed by atoms with Crippen molar-refractivity contribution >= 4 is 35.4 Å². The third-order valence-corrected chi connectivity index (χ3v) is 14.3. The van der Waals surface area contributed by atoms with E-state index in [2.05, 4.69) is 26.6 Å². The second-order valence-electron chi connectivity index (χ2n) is 18.0. The highest BCUT2D eigenvalue weighted by Gasteiger charge is 2.42. The van der Waals surface area contributed by atoms with Crippen molar-refractivity contribution in [1.29, 1.82) is 0 Å². The van der Waals surface area contributed by atoms with E-state index in [1.165, 1.54) is 0 Å². The SMILES string of the molecule is NC(=O)[C@H]1CCCC[C@@H]1NC(=O)[C@H]1CCCC[C@@H]1NC(=O)[C@H]1CCCC[C@@H]1NC(=O)[C@H]1CCCC[C@@H]1NC(=O)[C@H]1CCCC[C@@H]1NC(=O)[C@H]1CCCC[C@@H]1N. The first-order chi connectivity index (χ1) is 26.6. The van der Waals surface area contributed by atoms with Crippen LogP contribution in [0.15, 0.2) is 0 Å². The van der Waals surface area contributed by atoms with Gasteiger partial charge < -0.3 is 38.1 Å².